The van der Waals surface area contributed by atoms with Gasteiger partial charge in [-0.3, -0.25) is 4.79 Å². The van der Waals surface area contributed by atoms with Crippen molar-refractivity contribution in [3.63, 3.8) is 0 Å². The van der Waals surface area contributed by atoms with Crippen LogP contribution in [0.25, 0.3) is 0 Å². The Morgan fingerprint density at radius 2 is 2.19 bits per heavy atom. The highest BCUT2D eigenvalue weighted by atomic mass is 35.5. The molecule has 0 radical (unpaired) electrons. The maximum absolute atomic E-state index is 10.9. The van der Waals surface area contributed by atoms with Crippen LogP contribution >= 0.6 is 11.6 Å². The Balaban J connectivity index is 2.63. The summed E-state index contributed by atoms with van der Waals surface area (Å²) < 4.78 is 0. The summed E-state index contributed by atoms with van der Waals surface area (Å²) in [5, 5.41) is 6.49. The van der Waals surface area contributed by atoms with Gasteiger partial charge < -0.3 is 10.6 Å². The van der Waals surface area contributed by atoms with E-state index in [4.69, 9.17) is 11.6 Å². The van der Waals surface area contributed by atoms with E-state index in [2.05, 4.69) is 17.6 Å². The van der Waals surface area contributed by atoms with Crippen LogP contribution in [-0.2, 0) is 4.79 Å². The zero-order valence-corrected chi connectivity index (χ0v) is 10.4. The van der Waals surface area contributed by atoms with Crippen LogP contribution in [0.1, 0.15) is 26.7 Å². The van der Waals surface area contributed by atoms with Gasteiger partial charge in [-0.05, 0) is 24.6 Å². The molecule has 88 valence electrons. The first-order valence-corrected chi connectivity index (χ1v) is 5.82. The molecule has 1 aromatic rings. The molecule has 0 fully saturated rings. The molecule has 1 rings (SSSR count). The van der Waals surface area contributed by atoms with Crippen molar-refractivity contribution in [1.82, 2.24) is 0 Å². The van der Waals surface area contributed by atoms with Gasteiger partial charge in [0.25, 0.3) is 0 Å². The van der Waals surface area contributed by atoms with E-state index in [-0.39, 0.29) is 5.91 Å². The van der Waals surface area contributed by atoms with Gasteiger partial charge in [0.05, 0.1) is 10.7 Å². The van der Waals surface area contributed by atoms with Crippen LogP contribution in [0.4, 0.5) is 11.4 Å². The lowest BCUT2D eigenvalue weighted by molar-refractivity contribution is -0.114. The van der Waals surface area contributed by atoms with Gasteiger partial charge in [0.2, 0.25) is 5.91 Å². The summed E-state index contributed by atoms with van der Waals surface area (Å²) in [6, 6.07) is 5.54. The predicted molar refractivity (Wildman–Crippen MR) is 69.2 cm³/mol. The normalized spacial score (nSPS) is 9.94. The Morgan fingerprint density at radius 1 is 1.44 bits per heavy atom. The van der Waals surface area contributed by atoms with Crippen LogP contribution in [0.3, 0.4) is 0 Å². The molecule has 0 heterocycles. The zero-order valence-electron chi connectivity index (χ0n) is 9.64. The highest BCUT2D eigenvalue weighted by Gasteiger charge is 2.02. The van der Waals surface area contributed by atoms with Crippen LogP contribution in [0.15, 0.2) is 18.2 Å². The van der Waals surface area contributed by atoms with Gasteiger partial charge in [-0.1, -0.05) is 24.9 Å². The van der Waals surface area contributed by atoms with E-state index >= 15 is 0 Å². The van der Waals surface area contributed by atoms with Crippen LogP contribution < -0.4 is 10.6 Å². The third kappa shape index (κ3) is 4.11. The first-order valence-electron chi connectivity index (χ1n) is 5.44. The second-order valence-corrected chi connectivity index (χ2v) is 4.06. The average molecular weight is 241 g/mol. The van der Waals surface area contributed by atoms with Crippen molar-refractivity contribution in [1.29, 1.82) is 0 Å². The summed E-state index contributed by atoms with van der Waals surface area (Å²) in [6.45, 7) is 4.55. The third-order valence-corrected chi connectivity index (χ3v) is 2.45. The molecule has 0 saturated heterocycles. The lowest BCUT2D eigenvalue weighted by Gasteiger charge is -2.09. The fourth-order valence-corrected chi connectivity index (χ4v) is 1.55. The van der Waals surface area contributed by atoms with Gasteiger partial charge in [-0.15, -0.1) is 0 Å². The maximum Gasteiger partial charge on any atom is 0.221 e. The summed E-state index contributed by atoms with van der Waals surface area (Å²) in [4.78, 5) is 10.9. The van der Waals surface area contributed by atoms with Crippen molar-refractivity contribution in [3.8, 4) is 0 Å². The average Bonchev–Trinajstić information content (AvgIpc) is 2.22. The van der Waals surface area contributed by atoms with Gasteiger partial charge in [0, 0.05) is 19.2 Å². The number of carbonyl (C=O) groups is 1. The van der Waals surface area contributed by atoms with Crippen molar-refractivity contribution in [2.24, 2.45) is 0 Å². The summed E-state index contributed by atoms with van der Waals surface area (Å²) in [5.74, 6) is -0.117. The molecule has 0 aliphatic heterocycles. The van der Waals surface area contributed by atoms with Crippen molar-refractivity contribution in [2.75, 3.05) is 17.2 Å². The Bertz CT molecular complexity index is 366. The molecule has 0 aliphatic rings. The second kappa shape index (κ2) is 6.38. The predicted octanol–water partition coefficient (Wildman–Crippen LogP) is 3.51. The number of benzene rings is 1. The quantitative estimate of drug-likeness (QED) is 0.774. The summed E-state index contributed by atoms with van der Waals surface area (Å²) in [6.07, 6.45) is 2.29. The Kier molecular flexibility index (Phi) is 5.12. The largest absolute Gasteiger partial charge is 0.385 e. The number of hydrogen-bond donors (Lipinski definition) is 2. The fraction of sp³-hybridized carbons (Fsp3) is 0.417. The third-order valence-electron chi connectivity index (χ3n) is 2.14. The molecule has 0 spiro atoms. The van der Waals surface area contributed by atoms with Gasteiger partial charge in [-0.2, -0.15) is 0 Å². The van der Waals surface area contributed by atoms with Crippen LogP contribution in [-0.4, -0.2) is 12.5 Å². The zero-order chi connectivity index (χ0) is 12.0. The second-order valence-electron chi connectivity index (χ2n) is 3.66. The molecule has 0 bridgehead atoms. The summed E-state index contributed by atoms with van der Waals surface area (Å²) in [5.41, 5.74) is 1.63. The SMILES string of the molecule is CCCCNc1ccc(NC(C)=O)c(Cl)c1. The first kappa shape index (κ1) is 12.8. The van der Waals surface area contributed by atoms with E-state index in [9.17, 15) is 4.79 Å². The lowest BCUT2D eigenvalue weighted by Crippen LogP contribution is -2.06. The minimum atomic E-state index is -0.117. The number of halogens is 1. The number of anilines is 2. The molecule has 0 saturated carbocycles. The Hall–Kier alpha value is -1.22. The molecule has 1 amide bonds. The molecule has 0 aromatic heterocycles. The first-order chi connectivity index (χ1) is 7.63. The van der Waals surface area contributed by atoms with E-state index in [1.165, 1.54) is 6.92 Å². The topological polar surface area (TPSA) is 41.1 Å². The molecule has 2 N–H and O–H groups in total. The van der Waals surface area contributed by atoms with Crippen molar-refractivity contribution in [3.05, 3.63) is 23.2 Å². The van der Waals surface area contributed by atoms with E-state index in [1.54, 1.807) is 6.07 Å². The summed E-state index contributed by atoms with van der Waals surface area (Å²) >= 11 is 6.03. The van der Waals surface area contributed by atoms with Gasteiger partial charge in [0.15, 0.2) is 0 Å². The minimum absolute atomic E-state index is 0.117. The molecular formula is C12H17ClN2O. The monoisotopic (exact) mass is 240 g/mol. The molecule has 0 aliphatic carbocycles. The fourth-order valence-electron chi connectivity index (χ4n) is 1.33. The van der Waals surface area contributed by atoms with Crippen LogP contribution in [0, 0.1) is 0 Å². The van der Waals surface area contributed by atoms with Crippen molar-refractivity contribution in [2.45, 2.75) is 26.7 Å². The molecule has 3 nitrogen and oxygen atoms in total. The number of hydrogen-bond acceptors (Lipinski definition) is 2. The van der Waals surface area contributed by atoms with Crippen LogP contribution in [0.2, 0.25) is 5.02 Å². The molecule has 4 heteroatoms. The van der Waals surface area contributed by atoms with E-state index in [1.807, 2.05) is 12.1 Å². The standard InChI is InChI=1S/C12H17ClN2O/c1-3-4-7-14-10-5-6-12(11(13)8-10)15-9(2)16/h5-6,8,14H,3-4,7H2,1-2H3,(H,15,16). The molecule has 0 unspecified atom stereocenters. The number of nitrogens with one attached hydrogen (secondary N) is 2. The van der Waals surface area contributed by atoms with Gasteiger partial charge >= 0.3 is 0 Å². The Morgan fingerprint density at radius 3 is 2.75 bits per heavy atom. The van der Waals surface area contributed by atoms with Gasteiger partial charge in [0.1, 0.15) is 0 Å². The van der Waals surface area contributed by atoms with E-state index in [0.29, 0.717) is 10.7 Å². The lowest BCUT2D eigenvalue weighted by atomic mass is 10.2. The number of carbonyl (C=O) groups excluding carboxylic acids is 1. The molecule has 0 atom stereocenters. The molecule has 1 aromatic carbocycles. The number of amides is 1. The van der Waals surface area contributed by atoms with Crippen molar-refractivity contribution >= 4 is 28.9 Å². The highest BCUT2D eigenvalue weighted by molar-refractivity contribution is 6.34. The van der Waals surface area contributed by atoms with Crippen molar-refractivity contribution < 1.29 is 4.79 Å². The van der Waals surface area contributed by atoms with Gasteiger partial charge in [-0.25, -0.2) is 0 Å². The highest BCUT2D eigenvalue weighted by Crippen LogP contribution is 2.25. The molecule has 16 heavy (non-hydrogen) atoms. The number of unbranched alkanes of at least 4 members (excludes halogenated alkanes) is 1. The Labute approximate surface area is 101 Å². The summed E-state index contributed by atoms with van der Waals surface area (Å²) in [7, 11) is 0. The van der Waals surface area contributed by atoms with Crippen LogP contribution in [0.5, 0.6) is 0 Å². The number of rotatable bonds is 5. The maximum atomic E-state index is 10.9. The molecular weight excluding hydrogens is 224 g/mol. The van der Waals surface area contributed by atoms with E-state index < -0.39 is 0 Å². The van der Waals surface area contributed by atoms with E-state index in [0.717, 1.165) is 25.1 Å². The minimum Gasteiger partial charge on any atom is -0.385 e. The smallest absolute Gasteiger partial charge is 0.221 e.